The summed E-state index contributed by atoms with van der Waals surface area (Å²) in [4.78, 5) is 38.1. The summed E-state index contributed by atoms with van der Waals surface area (Å²) in [5.41, 5.74) is 3.67. The van der Waals surface area contributed by atoms with E-state index in [1.165, 1.54) is 0 Å². The maximum absolute atomic E-state index is 12.8. The van der Waals surface area contributed by atoms with Crippen molar-refractivity contribution in [1.29, 1.82) is 0 Å². The first-order chi connectivity index (χ1) is 17.6. The molecule has 0 radical (unpaired) electrons. The van der Waals surface area contributed by atoms with Gasteiger partial charge in [-0.05, 0) is 48.9 Å². The van der Waals surface area contributed by atoms with Crippen molar-refractivity contribution in [3.05, 3.63) is 96.1 Å². The van der Waals surface area contributed by atoms with E-state index in [0.717, 1.165) is 16.9 Å². The van der Waals surface area contributed by atoms with Crippen LogP contribution in [0.5, 0.6) is 0 Å². The van der Waals surface area contributed by atoms with E-state index in [4.69, 9.17) is 0 Å². The highest BCUT2D eigenvalue weighted by Crippen LogP contribution is 2.16. The Morgan fingerprint density at radius 3 is 2.28 bits per heavy atom. The fourth-order valence-electron chi connectivity index (χ4n) is 4.21. The number of hydrogen-bond acceptors (Lipinski definition) is 6. The van der Waals surface area contributed by atoms with Crippen LogP contribution in [0.4, 0.5) is 11.6 Å². The first kappa shape index (κ1) is 23.2. The van der Waals surface area contributed by atoms with E-state index in [-0.39, 0.29) is 11.8 Å². The van der Waals surface area contributed by atoms with Gasteiger partial charge in [-0.1, -0.05) is 30.3 Å². The van der Waals surface area contributed by atoms with Gasteiger partial charge in [0.2, 0.25) is 11.9 Å². The number of piperazine rings is 1. The van der Waals surface area contributed by atoms with Gasteiger partial charge in [-0.3, -0.25) is 9.59 Å². The van der Waals surface area contributed by atoms with Gasteiger partial charge in [-0.25, -0.2) is 14.6 Å². The summed E-state index contributed by atoms with van der Waals surface area (Å²) in [6, 6.07) is 20.6. The SMILES string of the molecule is Cc1cc(C(=O)Nc2ccc(CC(=O)N3CCN(c4ncccn4)CC3)cc2)nn1-c1ccccc1. The van der Waals surface area contributed by atoms with E-state index in [1.54, 1.807) is 29.2 Å². The highest BCUT2D eigenvalue weighted by Gasteiger charge is 2.22. The predicted octanol–water partition coefficient (Wildman–Crippen LogP) is 3.11. The van der Waals surface area contributed by atoms with Crippen molar-refractivity contribution in [1.82, 2.24) is 24.6 Å². The Hall–Kier alpha value is -4.53. The molecule has 2 aromatic heterocycles. The second-order valence-corrected chi connectivity index (χ2v) is 8.66. The lowest BCUT2D eigenvalue weighted by Gasteiger charge is -2.34. The molecule has 36 heavy (non-hydrogen) atoms. The summed E-state index contributed by atoms with van der Waals surface area (Å²) < 4.78 is 1.75. The van der Waals surface area contributed by atoms with Crippen molar-refractivity contribution in [3.63, 3.8) is 0 Å². The molecule has 0 aliphatic carbocycles. The summed E-state index contributed by atoms with van der Waals surface area (Å²) in [6.45, 7) is 4.61. The molecule has 9 nitrogen and oxygen atoms in total. The van der Waals surface area contributed by atoms with Gasteiger partial charge >= 0.3 is 0 Å². The number of aryl methyl sites for hydroxylation is 1. The van der Waals surface area contributed by atoms with E-state index in [1.807, 2.05) is 66.4 Å². The lowest BCUT2D eigenvalue weighted by atomic mass is 10.1. The standard InChI is InChI=1S/C27H27N7O2/c1-20-18-24(31-34(20)23-6-3-2-4-7-23)26(36)30-22-10-8-21(9-11-22)19-25(35)32-14-16-33(17-15-32)27-28-12-5-13-29-27/h2-13,18H,14-17,19H2,1H3,(H,30,36). The van der Waals surface area contributed by atoms with E-state index in [2.05, 4.69) is 25.3 Å². The predicted molar refractivity (Wildman–Crippen MR) is 137 cm³/mol. The Balaban J connectivity index is 1.15. The van der Waals surface area contributed by atoms with Gasteiger partial charge in [0.05, 0.1) is 12.1 Å². The van der Waals surface area contributed by atoms with E-state index >= 15 is 0 Å². The Bertz CT molecular complexity index is 1330. The van der Waals surface area contributed by atoms with Crippen LogP contribution in [0.2, 0.25) is 0 Å². The fraction of sp³-hybridized carbons (Fsp3) is 0.222. The Morgan fingerprint density at radius 1 is 0.889 bits per heavy atom. The zero-order valence-corrected chi connectivity index (χ0v) is 20.0. The van der Waals surface area contributed by atoms with E-state index in [0.29, 0.717) is 49.9 Å². The summed E-state index contributed by atoms with van der Waals surface area (Å²) in [6.07, 6.45) is 3.77. The molecule has 1 aliphatic heterocycles. The normalized spacial score (nSPS) is 13.5. The number of carbonyl (C=O) groups excluding carboxylic acids is 2. The molecular weight excluding hydrogens is 454 g/mol. The van der Waals surface area contributed by atoms with Crippen LogP contribution in [-0.4, -0.2) is 62.6 Å². The number of para-hydroxylation sites is 1. The van der Waals surface area contributed by atoms with Gasteiger partial charge in [0.15, 0.2) is 5.69 Å². The van der Waals surface area contributed by atoms with Crippen LogP contribution in [0.25, 0.3) is 5.69 Å². The smallest absolute Gasteiger partial charge is 0.276 e. The highest BCUT2D eigenvalue weighted by molar-refractivity contribution is 6.03. The molecule has 2 aromatic carbocycles. The Morgan fingerprint density at radius 2 is 1.58 bits per heavy atom. The molecule has 1 N–H and O–H groups in total. The lowest BCUT2D eigenvalue weighted by molar-refractivity contribution is -0.130. The molecule has 1 fully saturated rings. The van der Waals surface area contributed by atoms with Crippen LogP contribution in [0.3, 0.4) is 0 Å². The van der Waals surface area contributed by atoms with Gasteiger partial charge in [0, 0.05) is 50.0 Å². The Kier molecular flexibility index (Phi) is 6.70. The molecular formula is C27H27N7O2. The highest BCUT2D eigenvalue weighted by atomic mass is 16.2. The second kappa shape index (κ2) is 10.4. The van der Waals surface area contributed by atoms with E-state index < -0.39 is 0 Å². The topological polar surface area (TPSA) is 96.2 Å². The minimum Gasteiger partial charge on any atom is -0.339 e. The number of hydrogen-bond donors (Lipinski definition) is 1. The summed E-state index contributed by atoms with van der Waals surface area (Å²) in [5, 5.41) is 7.34. The van der Waals surface area contributed by atoms with Gasteiger partial charge in [-0.2, -0.15) is 5.10 Å². The average molecular weight is 482 g/mol. The molecule has 0 unspecified atom stereocenters. The molecule has 0 bridgehead atoms. The minimum atomic E-state index is -0.281. The number of anilines is 2. The van der Waals surface area contributed by atoms with E-state index in [9.17, 15) is 9.59 Å². The van der Waals surface area contributed by atoms with Crippen molar-refractivity contribution in [2.24, 2.45) is 0 Å². The molecule has 1 saturated heterocycles. The number of rotatable bonds is 6. The quantitative estimate of drug-likeness (QED) is 0.455. The first-order valence-electron chi connectivity index (χ1n) is 11.9. The molecule has 182 valence electrons. The molecule has 2 amide bonds. The molecule has 4 aromatic rings. The van der Waals surface area contributed by atoms with Crippen LogP contribution in [0.1, 0.15) is 21.7 Å². The molecule has 1 aliphatic rings. The second-order valence-electron chi connectivity index (χ2n) is 8.66. The van der Waals surface area contributed by atoms with Crippen molar-refractivity contribution < 1.29 is 9.59 Å². The third-order valence-electron chi connectivity index (χ3n) is 6.16. The maximum atomic E-state index is 12.8. The number of nitrogens with zero attached hydrogens (tertiary/aromatic N) is 6. The zero-order chi connectivity index (χ0) is 24.9. The van der Waals surface area contributed by atoms with Crippen LogP contribution in [-0.2, 0) is 11.2 Å². The monoisotopic (exact) mass is 481 g/mol. The number of benzene rings is 2. The molecule has 5 rings (SSSR count). The number of carbonyl (C=O) groups is 2. The molecule has 9 heteroatoms. The summed E-state index contributed by atoms with van der Waals surface area (Å²) in [5.74, 6) is 0.503. The number of nitrogens with one attached hydrogen (secondary N) is 1. The van der Waals surface area contributed by atoms with Crippen LogP contribution < -0.4 is 10.2 Å². The lowest BCUT2D eigenvalue weighted by Crippen LogP contribution is -2.49. The van der Waals surface area contributed by atoms with Gasteiger partial charge in [0.25, 0.3) is 5.91 Å². The third-order valence-corrected chi connectivity index (χ3v) is 6.16. The molecule has 3 heterocycles. The fourth-order valence-corrected chi connectivity index (χ4v) is 4.21. The Labute approximate surface area is 209 Å². The first-order valence-corrected chi connectivity index (χ1v) is 11.9. The number of amides is 2. The van der Waals surface area contributed by atoms with Gasteiger partial charge in [-0.15, -0.1) is 0 Å². The van der Waals surface area contributed by atoms with Crippen LogP contribution >= 0.6 is 0 Å². The zero-order valence-electron chi connectivity index (χ0n) is 20.0. The van der Waals surface area contributed by atoms with Crippen LogP contribution in [0.15, 0.2) is 79.1 Å². The van der Waals surface area contributed by atoms with Crippen LogP contribution in [0, 0.1) is 6.92 Å². The molecule has 0 spiro atoms. The summed E-state index contributed by atoms with van der Waals surface area (Å²) >= 11 is 0. The maximum Gasteiger partial charge on any atom is 0.276 e. The third kappa shape index (κ3) is 5.25. The average Bonchev–Trinajstić information content (AvgIpc) is 3.32. The molecule has 0 atom stereocenters. The largest absolute Gasteiger partial charge is 0.339 e. The van der Waals surface area contributed by atoms with Crippen molar-refractivity contribution in [2.45, 2.75) is 13.3 Å². The van der Waals surface area contributed by atoms with Gasteiger partial charge in [0.1, 0.15) is 0 Å². The van der Waals surface area contributed by atoms with Crippen molar-refractivity contribution >= 4 is 23.5 Å². The minimum absolute atomic E-state index is 0.0855. The van der Waals surface area contributed by atoms with Crippen molar-refractivity contribution in [3.8, 4) is 5.69 Å². The van der Waals surface area contributed by atoms with Crippen molar-refractivity contribution in [2.75, 3.05) is 36.4 Å². The molecule has 0 saturated carbocycles. The number of aromatic nitrogens is 4. The van der Waals surface area contributed by atoms with Gasteiger partial charge < -0.3 is 15.1 Å². The summed E-state index contributed by atoms with van der Waals surface area (Å²) in [7, 11) is 0.